The zero-order chi connectivity index (χ0) is 19.3. The second-order valence-corrected chi connectivity index (χ2v) is 8.24. The van der Waals surface area contributed by atoms with Crippen LogP contribution in [0.5, 0.6) is 0 Å². The monoisotopic (exact) mass is 395 g/mol. The van der Waals surface area contributed by atoms with Gasteiger partial charge in [-0.25, -0.2) is 17.9 Å². The fraction of sp³-hybridized carbons (Fsp3) is 0.294. The molecule has 1 aromatic carbocycles. The number of benzene rings is 1. The van der Waals surface area contributed by atoms with E-state index in [4.69, 9.17) is 0 Å². The summed E-state index contributed by atoms with van der Waals surface area (Å²) in [6.45, 7) is 3.51. The summed E-state index contributed by atoms with van der Waals surface area (Å²) in [6, 6.07) is 5.72. The highest BCUT2D eigenvalue weighted by Gasteiger charge is 2.20. The van der Waals surface area contributed by atoms with E-state index in [2.05, 4.69) is 10.6 Å². The van der Waals surface area contributed by atoms with Gasteiger partial charge in [0.25, 0.3) is 10.0 Å². The van der Waals surface area contributed by atoms with Crippen LogP contribution in [0.2, 0.25) is 0 Å². The van der Waals surface area contributed by atoms with Crippen molar-refractivity contribution in [3.8, 4) is 0 Å². The molecule has 0 radical (unpaired) electrons. The molecule has 1 unspecified atom stereocenters. The summed E-state index contributed by atoms with van der Waals surface area (Å²) in [6.07, 6.45) is 0.0389. The minimum absolute atomic E-state index is 0.0303. The first kappa shape index (κ1) is 19.9. The number of carbonyl (C=O) groups is 2. The third-order valence-electron chi connectivity index (χ3n) is 3.78. The Morgan fingerprint density at radius 1 is 1.23 bits per heavy atom. The normalized spacial score (nSPS) is 12.3. The lowest BCUT2D eigenvalue weighted by molar-refractivity contribution is -0.121. The van der Waals surface area contributed by atoms with E-state index in [0.717, 1.165) is 5.56 Å². The van der Waals surface area contributed by atoms with E-state index in [9.17, 15) is 18.0 Å². The van der Waals surface area contributed by atoms with Crippen molar-refractivity contribution in [2.75, 3.05) is 7.05 Å². The van der Waals surface area contributed by atoms with Crippen LogP contribution in [0.4, 0.5) is 4.79 Å². The maximum Gasteiger partial charge on any atom is 0.328 e. The largest absolute Gasteiger partial charge is 0.349 e. The number of sulfonamides is 1. The molecular weight excluding hydrogens is 374 g/mol. The number of thiophene rings is 1. The average molecular weight is 396 g/mol. The van der Waals surface area contributed by atoms with E-state index >= 15 is 0 Å². The van der Waals surface area contributed by atoms with Crippen LogP contribution in [0.25, 0.3) is 0 Å². The highest BCUT2D eigenvalue weighted by Crippen LogP contribution is 2.19. The van der Waals surface area contributed by atoms with Gasteiger partial charge in [0.15, 0.2) is 0 Å². The standard InChI is InChI=1S/C17H21N3O4S2/c1-11-4-5-13(8-15(11)26(23,24)20-17(22)18-3)9-16(21)19-12(2)14-6-7-25-10-14/h4-8,10,12H,9H2,1-3H3,(H,19,21)(H2,18,20,22). The van der Waals surface area contributed by atoms with Crippen molar-refractivity contribution in [1.82, 2.24) is 15.4 Å². The molecule has 0 aliphatic carbocycles. The Morgan fingerprint density at radius 3 is 2.58 bits per heavy atom. The van der Waals surface area contributed by atoms with E-state index < -0.39 is 16.1 Å². The first-order valence-corrected chi connectivity index (χ1v) is 10.3. The number of urea groups is 1. The lowest BCUT2D eigenvalue weighted by Crippen LogP contribution is -2.37. The van der Waals surface area contributed by atoms with E-state index in [1.54, 1.807) is 30.4 Å². The third-order valence-corrected chi connectivity index (χ3v) is 5.96. The minimum Gasteiger partial charge on any atom is -0.349 e. The SMILES string of the molecule is CNC(=O)NS(=O)(=O)c1cc(CC(=O)NC(C)c2ccsc2)ccc1C. The molecule has 0 aliphatic rings. The highest BCUT2D eigenvalue weighted by molar-refractivity contribution is 7.90. The Kier molecular flexibility index (Phi) is 6.38. The predicted octanol–water partition coefficient (Wildman–Crippen LogP) is 2.09. The average Bonchev–Trinajstić information content (AvgIpc) is 3.10. The molecule has 1 aromatic heterocycles. The van der Waals surface area contributed by atoms with Crippen LogP contribution < -0.4 is 15.4 Å². The fourth-order valence-corrected chi connectivity index (χ4v) is 4.36. The molecule has 0 spiro atoms. The molecule has 26 heavy (non-hydrogen) atoms. The van der Waals surface area contributed by atoms with Gasteiger partial charge in [-0.3, -0.25) is 4.79 Å². The van der Waals surface area contributed by atoms with Crippen molar-refractivity contribution < 1.29 is 18.0 Å². The molecule has 0 saturated heterocycles. The van der Waals surface area contributed by atoms with Crippen LogP contribution in [0.1, 0.15) is 29.7 Å². The fourth-order valence-electron chi connectivity index (χ4n) is 2.35. The number of nitrogens with one attached hydrogen (secondary N) is 3. The predicted molar refractivity (Wildman–Crippen MR) is 101 cm³/mol. The minimum atomic E-state index is -4.01. The Morgan fingerprint density at radius 2 is 1.96 bits per heavy atom. The van der Waals surface area contributed by atoms with Crippen LogP contribution in [-0.4, -0.2) is 27.4 Å². The quantitative estimate of drug-likeness (QED) is 0.697. The van der Waals surface area contributed by atoms with E-state index in [0.29, 0.717) is 11.1 Å². The highest BCUT2D eigenvalue weighted by atomic mass is 32.2. The summed E-state index contributed by atoms with van der Waals surface area (Å²) >= 11 is 1.55. The van der Waals surface area contributed by atoms with Crippen molar-refractivity contribution in [3.05, 3.63) is 51.7 Å². The van der Waals surface area contributed by atoms with Gasteiger partial charge < -0.3 is 10.6 Å². The van der Waals surface area contributed by atoms with Gasteiger partial charge in [-0.1, -0.05) is 12.1 Å². The molecule has 9 heteroatoms. The van der Waals surface area contributed by atoms with Crippen LogP contribution in [0, 0.1) is 6.92 Å². The Labute approximate surface area is 156 Å². The number of hydrogen-bond acceptors (Lipinski definition) is 5. The first-order chi connectivity index (χ1) is 12.2. The van der Waals surface area contributed by atoms with Crippen LogP contribution in [0.3, 0.4) is 0 Å². The molecule has 140 valence electrons. The van der Waals surface area contributed by atoms with Crippen LogP contribution in [-0.2, 0) is 21.2 Å². The number of amides is 3. The summed E-state index contributed by atoms with van der Waals surface area (Å²) in [7, 11) is -2.68. The molecule has 0 aliphatic heterocycles. The number of hydrogen-bond donors (Lipinski definition) is 3. The molecule has 0 bridgehead atoms. The lowest BCUT2D eigenvalue weighted by atomic mass is 10.1. The van der Waals surface area contributed by atoms with Crippen molar-refractivity contribution in [2.24, 2.45) is 0 Å². The van der Waals surface area contributed by atoms with Gasteiger partial charge >= 0.3 is 6.03 Å². The van der Waals surface area contributed by atoms with Crippen LogP contribution >= 0.6 is 11.3 Å². The molecule has 1 heterocycles. The molecular formula is C17H21N3O4S2. The second kappa shape index (κ2) is 8.33. The Bertz CT molecular complexity index is 893. The van der Waals surface area contributed by atoms with Gasteiger partial charge in [-0.2, -0.15) is 11.3 Å². The summed E-state index contributed by atoms with van der Waals surface area (Å²) in [4.78, 5) is 23.6. The van der Waals surface area contributed by atoms with Crippen molar-refractivity contribution in [3.63, 3.8) is 0 Å². The van der Waals surface area contributed by atoms with Gasteiger partial charge in [0.1, 0.15) is 0 Å². The molecule has 3 amide bonds. The van der Waals surface area contributed by atoms with Crippen molar-refractivity contribution >= 4 is 33.3 Å². The number of carbonyl (C=O) groups excluding carboxylic acids is 2. The summed E-state index contributed by atoms with van der Waals surface area (Å²) in [5.74, 6) is -0.213. The Hall–Kier alpha value is -2.39. The molecule has 2 rings (SSSR count). The van der Waals surface area contributed by atoms with Gasteiger partial charge in [0, 0.05) is 7.05 Å². The maximum atomic E-state index is 12.3. The van der Waals surface area contributed by atoms with E-state index in [1.807, 2.05) is 28.5 Å². The number of aryl methyl sites for hydroxylation is 1. The van der Waals surface area contributed by atoms with Gasteiger partial charge in [0.05, 0.1) is 17.4 Å². The maximum absolute atomic E-state index is 12.3. The molecule has 0 fully saturated rings. The molecule has 1 atom stereocenters. The number of rotatable bonds is 6. The van der Waals surface area contributed by atoms with Crippen molar-refractivity contribution in [1.29, 1.82) is 0 Å². The zero-order valence-corrected chi connectivity index (χ0v) is 16.3. The van der Waals surface area contributed by atoms with Gasteiger partial charge in [-0.05, 0) is 53.4 Å². The zero-order valence-electron chi connectivity index (χ0n) is 14.7. The second-order valence-electron chi connectivity index (χ2n) is 5.81. The van der Waals surface area contributed by atoms with Gasteiger partial charge in [-0.15, -0.1) is 0 Å². The smallest absolute Gasteiger partial charge is 0.328 e. The summed E-state index contributed by atoms with van der Waals surface area (Å²) in [5.41, 5.74) is 2.05. The lowest BCUT2D eigenvalue weighted by Gasteiger charge is -2.14. The molecule has 7 nitrogen and oxygen atoms in total. The topological polar surface area (TPSA) is 104 Å². The molecule has 0 saturated carbocycles. The molecule has 2 aromatic rings. The van der Waals surface area contributed by atoms with E-state index in [1.165, 1.54) is 13.1 Å². The van der Waals surface area contributed by atoms with Gasteiger partial charge in [0.2, 0.25) is 5.91 Å². The summed E-state index contributed by atoms with van der Waals surface area (Å²) < 4.78 is 26.6. The van der Waals surface area contributed by atoms with Crippen molar-refractivity contribution in [2.45, 2.75) is 31.2 Å². The van der Waals surface area contributed by atoms with Crippen LogP contribution in [0.15, 0.2) is 39.9 Å². The first-order valence-electron chi connectivity index (χ1n) is 7.88. The van der Waals surface area contributed by atoms with E-state index in [-0.39, 0.29) is 23.3 Å². The Balaban J connectivity index is 2.13. The molecule has 3 N–H and O–H groups in total. The third kappa shape index (κ3) is 5.06. The summed E-state index contributed by atoms with van der Waals surface area (Å²) in [5, 5.41) is 8.99.